The minimum Gasteiger partial charge on any atom is -0.308 e. The quantitative estimate of drug-likeness (QED) is 0.887. The van der Waals surface area contributed by atoms with Crippen LogP contribution in [0.3, 0.4) is 0 Å². The van der Waals surface area contributed by atoms with E-state index in [4.69, 9.17) is 11.6 Å². The van der Waals surface area contributed by atoms with Crippen LogP contribution in [0.5, 0.6) is 0 Å². The Morgan fingerprint density at radius 3 is 3.07 bits per heavy atom. The van der Waals surface area contributed by atoms with Crippen LogP contribution in [-0.2, 0) is 0 Å². The summed E-state index contributed by atoms with van der Waals surface area (Å²) in [4.78, 5) is 4.56. The van der Waals surface area contributed by atoms with E-state index in [1.807, 2.05) is 18.2 Å². The molecule has 15 heavy (non-hydrogen) atoms. The third-order valence-electron chi connectivity index (χ3n) is 2.25. The van der Waals surface area contributed by atoms with E-state index in [1.54, 1.807) is 11.3 Å². The van der Waals surface area contributed by atoms with Crippen LogP contribution in [0.2, 0.25) is 5.02 Å². The molecule has 1 aromatic heterocycles. The van der Waals surface area contributed by atoms with Gasteiger partial charge in [-0.25, -0.2) is 4.98 Å². The van der Waals surface area contributed by atoms with Gasteiger partial charge in [-0.3, -0.25) is 0 Å². The summed E-state index contributed by atoms with van der Waals surface area (Å²) in [6, 6.07) is 6.16. The van der Waals surface area contributed by atoms with Crippen molar-refractivity contribution in [2.45, 2.75) is 19.9 Å². The number of hydrogen-bond donors (Lipinski definition) is 1. The molecule has 2 aromatic rings. The van der Waals surface area contributed by atoms with Crippen LogP contribution in [-0.4, -0.2) is 11.5 Å². The van der Waals surface area contributed by atoms with Crippen molar-refractivity contribution in [3.63, 3.8) is 0 Å². The lowest BCUT2D eigenvalue weighted by molar-refractivity contribution is 0.596. The molecular formula is C11H13ClN2S. The first-order chi connectivity index (χ1) is 7.20. The average Bonchev–Trinajstić information content (AvgIpc) is 2.60. The maximum atomic E-state index is 5.92. The molecule has 1 heterocycles. The largest absolute Gasteiger partial charge is 0.308 e. The number of nitrogens with one attached hydrogen (secondary N) is 1. The van der Waals surface area contributed by atoms with E-state index >= 15 is 0 Å². The predicted molar refractivity (Wildman–Crippen MR) is 66.7 cm³/mol. The second kappa shape index (κ2) is 4.47. The maximum absolute atomic E-state index is 5.92. The van der Waals surface area contributed by atoms with Gasteiger partial charge < -0.3 is 5.32 Å². The van der Waals surface area contributed by atoms with Gasteiger partial charge in [0.1, 0.15) is 5.01 Å². The van der Waals surface area contributed by atoms with Crippen LogP contribution >= 0.6 is 22.9 Å². The highest BCUT2D eigenvalue weighted by molar-refractivity contribution is 7.18. The number of aromatic nitrogens is 1. The van der Waals surface area contributed by atoms with Gasteiger partial charge in [0.2, 0.25) is 0 Å². The van der Waals surface area contributed by atoms with Crippen molar-refractivity contribution in [1.82, 2.24) is 10.3 Å². The Balaban J connectivity index is 2.38. The zero-order valence-electron chi connectivity index (χ0n) is 8.75. The topological polar surface area (TPSA) is 24.9 Å². The summed E-state index contributed by atoms with van der Waals surface area (Å²) in [7, 11) is 0. The molecule has 0 saturated carbocycles. The highest BCUT2D eigenvalue weighted by atomic mass is 35.5. The zero-order valence-corrected chi connectivity index (χ0v) is 10.3. The van der Waals surface area contributed by atoms with E-state index in [0.29, 0.717) is 6.04 Å². The van der Waals surface area contributed by atoms with Gasteiger partial charge in [-0.1, -0.05) is 18.5 Å². The van der Waals surface area contributed by atoms with Crippen LogP contribution in [0.15, 0.2) is 18.2 Å². The first-order valence-corrected chi connectivity index (χ1v) is 6.19. The molecule has 0 spiro atoms. The summed E-state index contributed by atoms with van der Waals surface area (Å²) in [5, 5.41) is 5.22. The van der Waals surface area contributed by atoms with Gasteiger partial charge in [0.05, 0.1) is 16.3 Å². The Hall–Kier alpha value is -0.640. The molecule has 0 aliphatic carbocycles. The second-order valence-electron chi connectivity index (χ2n) is 3.44. The Bertz CT molecular complexity index is 467. The molecule has 4 heteroatoms. The monoisotopic (exact) mass is 240 g/mol. The highest BCUT2D eigenvalue weighted by Gasteiger charge is 2.10. The van der Waals surface area contributed by atoms with E-state index in [1.165, 1.54) is 4.70 Å². The van der Waals surface area contributed by atoms with Crippen molar-refractivity contribution in [1.29, 1.82) is 0 Å². The van der Waals surface area contributed by atoms with E-state index in [9.17, 15) is 0 Å². The Morgan fingerprint density at radius 1 is 1.53 bits per heavy atom. The first-order valence-electron chi connectivity index (χ1n) is 5.00. The van der Waals surface area contributed by atoms with Gasteiger partial charge in [0.15, 0.2) is 0 Å². The summed E-state index contributed by atoms with van der Waals surface area (Å²) < 4.78 is 1.19. The van der Waals surface area contributed by atoms with E-state index in [-0.39, 0.29) is 0 Å². The number of halogens is 1. The van der Waals surface area contributed by atoms with Gasteiger partial charge >= 0.3 is 0 Å². The number of nitrogens with zero attached hydrogens (tertiary/aromatic N) is 1. The third-order valence-corrected chi connectivity index (χ3v) is 3.70. The van der Waals surface area contributed by atoms with Crippen LogP contribution in [0.1, 0.15) is 24.9 Å². The van der Waals surface area contributed by atoms with E-state index in [0.717, 1.165) is 22.1 Å². The number of rotatable bonds is 3. The summed E-state index contributed by atoms with van der Waals surface area (Å²) in [5.74, 6) is 0. The fourth-order valence-corrected chi connectivity index (χ4v) is 2.64. The van der Waals surface area contributed by atoms with Crippen molar-refractivity contribution < 1.29 is 0 Å². The molecule has 0 aliphatic rings. The van der Waals surface area contributed by atoms with Gasteiger partial charge in [-0.2, -0.15) is 0 Å². The molecule has 0 fully saturated rings. The fourth-order valence-electron chi connectivity index (χ4n) is 1.50. The van der Waals surface area contributed by atoms with Crippen molar-refractivity contribution >= 4 is 33.2 Å². The molecule has 2 nitrogen and oxygen atoms in total. The Morgan fingerprint density at radius 2 is 2.33 bits per heavy atom. The molecule has 0 radical (unpaired) electrons. The average molecular weight is 241 g/mol. The number of fused-ring (bicyclic) bond motifs is 1. The van der Waals surface area contributed by atoms with Crippen molar-refractivity contribution in [2.75, 3.05) is 6.54 Å². The number of benzene rings is 1. The summed E-state index contributed by atoms with van der Waals surface area (Å²) in [5.41, 5.74) is 0.993. The molecule has 1 unspecified atom stereocenters. The molecule has 0 aliphatic heterocycles. The number of hydrogen-bond acceptors (Lipinski definition) is 3. The smallest absolute Gasteiger partial charge is 0.111 e. The first kappa shape index (κ1) is 10.9. The highest BCUT2D eigenvalue weighted by Crippen LogP contribution is 2.28. The third kappa shape index (κ3) is 2.30. The van der Waals surface area contributed by atoms with Gasteiger partial charge in [-0.05, 0) is 31.7 Å². The van der Waals surface area contributed by atoms with Crippen molar-refractivity contribution in [3.8, 4) is 0 Å². The van der Waals surface area contributed by atoms with Gasteiger partial charge in [-0.15, -0.1) is 11.3 Å². The molecule has 0 bridgehead atoms. The molecule has 1 aromatic carbocycles. The lowest BCUT2D eigenvalue weighted by atomic mass is 10.3. The summed E-state index contributed by atoms with van der Waals surface area (Å²) >= 11 is 7.64. The lowest BCUT2D eigenvalue weighted by Crippen LogP contribution is -2.17. The second-order valence-corrected chi connectivity index (χ2v) is 4.94. The van der Waals surface area contributed by atoms with Crippen LogP contribution < -0.4 is 5.32 Å². The van der Waals surface area contributed by atoms with Gasteiger partial charge in [0, 0.05) is 5.02 Å². The summed E-state index contributed by atoms with van der Waals surface area (Å²) in [6.45, 7) is 5.18. The molecule has 0 saturated heterocycles. The normalized spacial score (nSPS) is 13.3. The predicted octanol–water partition coefficient (Wildman–Crippen LogP) is 3.62. The van der Waals surface area contributed by atoms with E-state index in [2.05, 4.69) is 24.1 Å². The molecular weight excluding hydrogens is 228 g/mol. The van der Waals surface area contributed by atoms with E-state index < -0.39 is 0 Å². The molecule has 80 valence electrons. The zero-order chi connectivity index (χ0) is 10.8. The number of thiazole rings is 1. The SMILES string of the molecule is CCNC(C)c1nc2cc(Cl)ccc2s1. The minimum absolute atomic E-state index is 0.311. The van der Waals surface area contributed by atoms with Gasteiger partial charge in [0.25, 0.3) is 0 Å². The van der Waals surface area contributed by atoms with Crippen molar-refractivity contribution in [3.05, 3.63) is 28.2 Å². The summed E-state index contributed by atoms with van der Waals surface area (Å²) in [6.07, 6.45) is 0. The van der Waals surface area contributed by atoms with Crippen molar-refractivity contribution in [2.24, 2.45) is 0 Å². The lowest BCUT2D eigenvalue weighted by Gasteiger charge is -2.07. The molecule has 0 amide bonds. The molecule has 1 atom stereocenters. The minimum atomic E-state index is 0.311. The Labute approximate surface area is 98.3 Å². The molecule has 2 rings (SSSR count). The fraction of sp³-hybridized carbons (Fsp3) is 0.364. The van der Waals surface area contributed by atoms with Crippen LogP contribution in [0.25, 0.3) is 10.2 Å². The Kier molecular flexibility index (Phi) is 3.24. The maximum Gasteiger partial charge on any atom is 0.111 e. The van der Waals surface area contributed by atoms with Crippen LogP contribution in [0.4, 0.5) is 0 Å². The van der Waals surface area contributed by atoms with Crippen LogP contribution in [0, 0.1) is 0 Å². The molecule has 1 N–H and O–H groups in total. The standard InChI is InChI=1S/C11H13ClN2S/c1-3-13-7(2)11-14-9-6-8(12)4-5-10(9)15-11/h4-7,13H,3H2,1-2H3.